The van der Waals surface area contributed by atoms with Gasteiger partial charge in [-0.15, -0.1) is 0 Å². The summed E-state index contributed by atoms with van der Waals surface area (Å²) in [6.07, 6.45) is -10.2. The molecule has 18 heteroatoms. The number of nitrogens with zero attached hydrogens (tertiary/aromatic N) is 2. The zero-order valence-corrected chi connectivity index (χ0v) is 28.0. The standard InChI is InChI=1S/C32H20Cl2F6N6O2S2/c33-15-1-7-23-25(9-15)45-29(43-23)49-13-27(47)41-17-3-5-19(21(11-17)31(35,36)37)20-6-4-18(12-22(20)32(38,39)40)42-28(48)14-50-30-44-24-8-2-16(34)10-26(24)46-30/h1-12H,13-14H2,(H,41,47)(H,42,48)(H,43,45)(H,44,46). The van der Waals surface area contributed by atoms with Gasteiger partial charge in [-0.05, 0) is 71.8 Å². The number of hydrogen-bond donors (Lipinski definition) is 4. The Bertz CT molecular complexity index is 2100. The Morgan fingerprint density at radius 1 is 0.620 bits per heavy atom. The summed E-state index contributed by atoms with van der Waals surface area (Å²) >= 11 is 13.9. The van der Waals surface area contributed by atoms with E-state index in [1.54, 1.807) is 36.4 Å². The van der Waals surface area contributed by atoms with Crippen molar-refractivity contribution in [2.45, 2.75) is 22.7 Å². The average Bonchev–Trinajstić information content (AvgIpc) is 3.64. The van der Waals surface area contributed by atoms with Crippen LogP contribution < -0.4 is 10.6 Å². The van der Waals surface area contributed by atoms with Crippen LogP contribution in [0.4, 0.5) is 37.7 Å². The van der Waals surface area contributed by atoms with Crippen molar-refractivity contribution in [1.29, 1.82) is 0 Å². The van der Waals surface area contributed by atoms with E-state index in [1.165, 1.54) is 0 Å². The third-order valence-corrected chi connectivity index (χ3v) is 9.25. The van der Waals surface area contributed by atoms with Crippen LogP contribution in [0.15, 0.2) is 83.1 Å². The number of aromatic amines is 2. The van der Waals surface area contributed by atoms with E-state index in [9.17, 15) is 35.9 Å². The number of carbonyl (C=O) groups is 2. The Morgan fingerprint density at radius 3 is 1.40 bits per heavy atom. The number of nitrogens with one attached hydrogen (secondary N) is 4. The Kier molecular flexibility index (Phi) is 9.99. The largest absolute Gasteiger partial charge is 0.417 e. The number of carbonyl (C=O) groups excluding carboxylic acids is 2. The van der Waals surface area contributed by atoms with E-state index in [2.05, 4.69) is 30.6 Å². The third-order valence-electron chi connectivity index (χ3n) is 7.03. The number of hydrogen-bond acceptors (Lipinski definition) is 6. The zero-order valence-electron chi connectivity index (χ0n) is 24.9. The minimum atomic E-state index is -5.09. The van der Waals surface area contributed by atoms with Gasteiger partial charge in [0.1, 0.15) is 0 Å². The highest BCUT2D eigenvalue weighted by Gasteiger charge is 2.39. The van der Waals surface area contributed by atoms with Gasteiger partial charge in [-0.1, -0.05) is 58.9 Å². The van der Waals surface area contributed by atoms with E-state index >= 15 is 0 Å². The van der Waals surface area contributed by atoms with E-state index in [1.807, 2.05) is 0 Å². The van der Waals surface area contributed by atoms with E-state index in [4.69, 9.17) is 23.2 Å². The van der Waals surface area contributed by atoms with Crippen molar-refractivity contribution in [3.05, 3.63) is 94.0 Å². The van der Waals surface area contributed by atoms with Gasteiger partial charge in [0.25, 0.3) is 0 Å². The molecule has 2 aromatic heterocycles. The molecule has 0 unspecified atom stereocenters. The summed E-state index contributed by atoms with van der Waals surface area (Å²) in [5.74, 6) is -1.80. The summed E-state index contributed by atoms with van der Waals surface area (Å²) in [7, 11) is 0. The second kappa shape index (κ2) is 14.1. The third kappa shape index (κ3) is 8.31. The van der Waals surface area contributed by atoms with Gasteiger partial charge in [-0.2, -0.15) is 26.3 Å². The molecular weight excluding hydrogens is 749 g/mol. The quantitative estimate of drug-likeness (QED) is 0.0860. The maximum atomic E-state index is 14.2. The normalized spacial score (nSPS) is 12.1. The molecular formula is C32H20Cl2F6N6O2S2. The van der Waals surface area contributed by atoms with E-state index in [0.717, 1.165) is 47.8 Å². The fraction of sp³-hybridized carbons (Fsp3) is 0.125. The summed E-state index contributed by atoms with van der Waals surface area (Å²) in [6.45, 7) is 0. The Morgan fingerprint density at radius 2 is 1.02 bits per heavy atom. The first kappa shape index (κ1) is 35.4. The van der Waals surface area contributed by atoms with Crippen molar-refractivity contribution in [3.8, 4) is 11.1 Å². The van der Waals surface area contributed by atoms with Gasteiger partial charge in [0, 0.05) is 21.4 Å². The number of imidazole rings is 2. The molecule has 0 aliphatic carbocycles. The zero-order chi connectivity index (χ0) is 35.8. The number of benzene rings is 4. The molecule has 0 aliphatic heterocycles. The van der Waals surface area contributed by atoms with Crippen LogP contribution in [0.3, 0.4) is 0 Å². The second-order valence-electron chi connectivity index (χ2n) is 10.6. The molecule has 0 atom stereocenters. The first-order valence-electron chi connectivity index (χ1n) is 14.2. The number of thioether (sulfide) groups is 2. The number of H-pyrrole nitrogens is 2. The van der Waals surface area contributed by atoms with Crippen LogP contribution in [0.5, 0.6) is 0 Å². The summed E-state index contributed by atoms with van der Waals surface area (Å²) in [4.78, 5) is 39.7. The van der Waals surface area contributed by atoms with Crippen LogP contribution in [0.1, 0.15) is 11.1 Å². The van der Waals surface area contributed by atoms with Crippen LogP contribution in [0.25, 0.3) is 33.2 Å². The Balaban J connectivity index is 1.17. The van der Waals surface area contributed by atoms with Crippen molar-refractivity contribution < 1.29 is 35.9 Å². The molecule has 6 aromatic rings. The average molecular weight is 770 g/mol. The lowest BCUT2D eigenvalue weighted by Crippen LogP contribution is -2.17. The Hall–Kier alpha value is -4.38. The molecule has 50 heavy (non-hydrogen) atoms. The second-order valence-corrected chi connectivity index (χ2v) is 13.4. The fourth-order valence-corrected chi connectivity index (χ4v) is 6.61. The first-order valence-corrected chi connectivity index (χ1v) is 16.9. The van der Waals surface area contributed by atoms with Gasteiger partial charge in [0.15, 0.2) is 10.3 Å². The van der Waals surface area contributed by atoms with Gasteiger partial charge >= 0.3 is 12.4 Å². The van der Waals surface area contributed by atoms with Gasteiger partial charge < -0.3 is 20.6 Å². The summed E-state index contributed by atoms with van der Waals surface area (Å²) in [6, 6.07) is 14.9. The van der Waals surface area contributed by atoms with Gasteiger partial charge in [-0.3, -0.25) is 9.59 Å². The number of anilines is 2. The number of halogens is 8. The van der Waals surface area contributed by atoms with Crippen molar-refractivity contribution >= 4 is 92.0 Å². The lowest BCUT2D eigenvalue weighted by Gasteiger charge is -2.19. The van der Waals surface area contributed by atoms with Crippen molar-refractivity contribution in [1.82, 2.24) is 19.9 Å². The topological polar surface area (TPSA) is 116 Å². The summed E-state index contributed by atoms with van der Waals surface area (Å²) in [5.41, 5.74) is -2.43. The number of aromatic nitrogens is 4. The van der Waals surface area contributed by atoms with Gasteiger partial charge in [-0.25, -0.2) is 9.97 Å². The number of alkyl halides is 6. The Labute approximate surface area is 296 Å². The van der Waals surface area contributed by atoms with Crippen LogP contribution >= 0.6 is 46.7 Å². The van der Waals surface area contributed by atoms with Gasteiger partial charge in [0.2, 0.25) is 11.8 Å². The molecule has 0 saturated carbocycles. The fourth-order valence-electron chi connectivity index (χ4n) is 4.90. The molecule has 0 radical (unpaired) electrons. The van der Waals surface area contributed by atoms with Crippen molar-refractivity contribution in [2.24, 2.45) is 0 Å². The first-order chi connectivity index (χ1) is 23.6. The maximum absolute atomic E-state index is 14.2. The molecule has 2 heterocycles. The van der Waals surface area contributed by atoms with Crippen LogP contribution in [0, 0.1) is 0 Å². The van der Waals surface area contributed by atoms with E-state index in [0.29, 0.717) is 54.6 Å². The maximum Gasteiger partial charge on any atom is 0.417 e. The molecule has 6 rings (SSSR count). The predicted octanol–water partition coefficient (Wildman–Crippen LogP) is 9.91. The monoisotopic (exact) mass is 768 g/mol. The van der Waals surface area contributed by atoms with E-state index in [-0.39, 0.29) is 22.9 Å². The molecule has 0 aliphatic rings. The number of rotatable bonds is 9. The minimum absolute atomic E-state index is 0.228. The van der Waals surface area contributed by atoms with Crippen LogP contribution in [0.2, 0.25) is 10.0 Å². The SMILES string of the molecule is O=C(CSc1nc2ccc(Cl)cc2[nH]1)Nc1ccc(-c2ccc(NC(=O)CSc3nc4ccc(Cl)cc4[nH]3)cc2C(F)(F)F)c(C(F)(F)F)c1. The summed E-state index contributed by atoms with van der Waals surface area (Å²) < 4.78 is 85.5. The molecule has 0 saturated heterocycles. The van der Waals surface area contributed by atoms with E-state index < -0.39 is 46.4 Å². The van der Waals surface area contributed by atoms with Crippen LogP contribution in [-0.2, 0) is 21.9 Å². The molecule has 0 spiro atoms. The molecule has 4 aromatic carbocycles. The lowest BCUT2D eigenvalue weighted by atomic mass is 9.93. The highest BCUT2D eigenvalue weighted by molar-refractivity contribution is 8.00. The minimum Gasteiger partial charge on any atom is -0.333 e. The summed E-state index contributed by atoms with van der Waals surface area (Å²) in [5, 5.41) is 6.39. The molecule has 2 amide bonds. The highest BCUT2D eigenvalue weighted by atomic mass is 35.5. The molecule has 4 N–H and O–H groups in total. The van der Waals surface area contributed by atoms with Crippen LogP contribution in [-0.4, -0.2) is 43.3 Å². The molecule has 8 nitrogen and oxygen atoms in total. The molecule has 0 fully saturated rings. The molecule has 0 bridgehead atoms. The smallest absolute Gasteiger partial charge is 0.333 e. The van der Waals surface area contributed by atoms with Crippen molar-refractivity contribution in [2.75, 3.05) is 22.1 Å². The number of amides is 2. The predicted molar refractivity (Wildman–Crippen MR) is 183 cm³/mol. The van der Waals surface area contributed by atoms with Crippen molar-refractivity contribution in [3.63, 3.8) is 0 Å². The van der Waals surface area contributed by atoms with Gasteiger partial charge in [0.05, 0.1) is 44.7 Å². The number of fused-ring (bicyclic) bond motifs is 2. The lowest BCUT2D eigenvalue weighted by molar-refractivity contribution is -0.139. The molecule has 258 valence electrons. The highest BCUT2D eigenvalue weighted by Crippen LogP contribution is 2.44.